The highest BCUT2D eigenvalue weighted by Crippen LogP contribution is 2.28. The molecule has 0 aliphatic heterocycles. The molecule has 0 amide bonds. The normalized spacial score (nSPS) is 13.3. The van der Waals surface area contributed by atoms with E-state index in [1.54, 1.807) is 0 Å². The molecule has 0 saturated carbocycles. The number of nitro benzene ring substituents is 1. The van der Waals surface area contributed by atoms with Crippen molar-refractivity contribution in [3.8, 4) is 0 Å². The number of hydrogen-bond acceptors (Lipinski definition) is 7. The summed E-state index contributed by atoms with van der Waals surface area (Å²) < 4.78 is 29.2. The standard InChI is InChI=1S/C34H40N4O5S/c1-26(2)22-37(44(42,43)30-18-19-31(35)32(21-30)38(40)41)25-34(39)33(20-27-12-6-3-7-13-27)36(23-28-14-8-4-9-15-28)24-29-16-10-5-11-17-29/h3-19,21,26,33-34,39H,20,22-25,35H2,1-2H3/t33-,34+/m0/s1. The van der Waals surface area contributed by atoms with Crippen molar-refractivity contribution in [1.82, 2.24) is 9.21 Å². The minimum Gasteiger partial charge on any atom is -0.393 e. The van der Waals surface area contributed by atoms with Gasteiger partial charge in [0.25, 0.3) is 5.69 Å². The summed E-state index contributed by atoms with van der Waals surface area (Å²) in [6, 6.07) is 32.8. The van der Waals surface area contributed by atoms with Crippen LogP contribution in [-0.4, -0.2) is 52.9 Å². The molecule has 2 atom stereocenters. The number of rotatable bonds is 15. The molecule has 0 bridgehead atoms. The van der Waals surface area contributed by atoms with E-state index in [2.05, 4.69) is 4.90 Å². The summed E-state index contributed by atoms with van der Waals surface area (Å²) in [5.41, 5.74) is 8.29. The second-order valence-electron chi connectivity index (χ2n) is 11.4. The molecule has 4 rings (SSSR count). The monoisotopic (exact) mass is 616 g/mol. The Kier molecular flexibility index (Phi) is 11.2. The smallest absolute Gasteiger partial charge is 0.293 e. The fraction of sp³-hybridized carbons (Fsp3) is 0.294. The van der Waals surface area contributed by atoms with Crippen LogP contribution in [0.4, 0.5) is 11.4 Å². The largest absolute Gasteiger partial charge is 0.393 e. The van der Waals surface area contributed by atoms with Gasteiger partial charge in [-0.05, 0) is 41.2 Å². The van der Waals surface area contributed by atoms with E-state index < -0.39 is 32.8 Å². The van der Waals surface area contributed by atoms with Crippen molar-refractivity contribution in [2.75, 3.05) is 18.8 Å². The average Bonchev–Trinajstić information content (AvgIpc) is 3.00. The van der Waals surface area contributed by atoms with Gasteiger partial charge >= 0.3 is 0 Å². The van der Waals surface area contributed by atoms with Crippen LogP contribution >= 0.6 is 0 Å². The van der Waals surface area contributed by atoms with Crippen LogP contribution < -0.4 is 5.73 Å². The fourth-order valence-electron chi connectivity index (χ4n) is 5.29. The number of nitrogens with two attached hydrogens (primary N) is 1. The van der Waals surface area contributed by atoms with Gasteiger partial charge in [-0.1, -0.05) is 105 Å². The number of nitro groups is 1. The number of sulfonamides is 1. The minimum absolute atomic E-state index is 0.0712. The number of nitrogen functional groups attached to an aromatic ring is 1. The predicted molar refractivity (Wildman–Crippen MR) is 173 cm³/mol. The minimum atomic E-state index is -4.22. The summed E-state index contributed by atoms with van der Waals surface area (Å²) in [5.74, 6) is -0.0712. The number of anilines is 1. The van der Waals surface area contributed by atoms with Crippen molar-refractivity contribution in [3.05, 3.63) is 136 Å². The van der Waals surface area contributed by atoms with E-state index in [-0.39, 0.29) is 29.6 Å². The van der Waals surface area contributed by atoms with Gasteiger partial charge in [0.1, 0.15) is 5.69 Å². The molecule has 0 aliphatic rings. The van der Waals surface area contributed by atoms with Crippen LogP contribution in [0, 0.1) is 16.0 Å². The Morgan fingerprint density at radius 3 is 1.77 bits per heavy atom. The Labute approximate surface area is 259 Å². The van der Waals surface area contributed by atoms with Crippen LogP contribution in [0.15, 0.2) is 114 Å². The van der Waals surface area contributed by atoms with E-state index in [1.165, 1.54) is 16.4 Å². The number of nitrogens with zero attached hydrogens (tertiary/aromatic N) is 3. The lowest BCUT2D eigenvalue weighted by atomic mass is 9.97. The van der Waals surface area contributed by atoms with Crippen LogP contribution in [0.25, 0.3) is 0 Å². The Morgan fingerprint density at radius 2 is 1.30 bits per heavy atom. The van der Waals surface area contributed by atoms with Gasteiger partial charge in [-0.15, -0.1) is 0 Å². The van der Waals surface area contributed by atoms with Crippen molar-refractivity contribution < 1.29 is 18.4 Å². The maximum atomic E-state index is 14.0. The van der Waals surface area contributed by atoms with Crippen molar-refractivity contribution in [2.45, 2.75) is 50.4 Å². The molecule has 0 aliphatic carbocycles. The van der Waals surface area contributed by atoms with Crippen molar-refractivity contribution >= 4 is 21.4 Å². The van der Waals surface area contributed by atoms with Crippen LogP contribution in [0.3, 0.4) is 0 Å². The van der Waals surface area contributed by atoms with Crippen LogP contribution in [0.1, 0.15) is 30.5 Å². The Balaban J connectivity index is 1.73. The molecule has 4 aromatic carbocycles. The molecule has 0 aromatic heterocycles. The fourth-order valence-corrected chi connectivity index (χ4v) is 6.93. The third-order valence-electron chi connectivity index (χ3n) is 7.45. The second kappa shape index (κ2) is 15.1. The summed E-state index contributed by atoms with van der Waals surface area (Å²) in [5, 5.41) is 23.5. The zero-order valence-corrected chi connectivity index (χ0v) is 25.9. The summed E-state index contributed by atoms with van der Waals surface area (Å²) in [6.07, 6.45) is -0.621. The SMILES string of the molecule is CC(C)CN(C[C@@H](O)[C@H](Cc1ccccc1)N(Cc1ccccc1)Cc1ccccc1)S(=O)(=O)c1ccc(N)c([N+](=O)[O-])c1. The van der Waals surface area contributed by atoms with Gasteiger partial charge in [0, 0.05) is 38.3 Å². The topological polar surface area (TPSA) is 130 Å². The molecular formula is C34H40N4O5S. The average molecular weight is 617 g/mol. The Hall–Kier alpha value is -4.09. The van der Waals surface area contributed by atoms with Crippen LogP contribution in [-0.2, 0) is 29.5 Å². The molecule has 0 heterocycles. The van der Waals surface area contributed by atoms with Crippen LogP contribution in [0.5, 0.6) is 0 Å². The summed E-state index contributed by atoms with van der Waals surface area (Å²) in [4.78, 5) is 12.8. The number of aliphatic hydroxyl groups is 1. The van der Waals surface area contributed by atoms with Gasteiger partial charge in [0.15, 0.2) is 0 Å². The highest BCUT2D eigenvalue weighted by atomic mass is 32.2. The molecule has 9 nitrogen and oxygen atoms in total. The molecule has 0 spiro atoms. The lowest BCUT2D eigenvalue weighted by Crippen LogP contribution is -2.50. The van der Waals surface area contributed by atoms with Gasteiger partial charge in [0.2, 0.25) is 10.0 Å². The molecule has 44 heavy (non-hydrogen) atoms. The number of aliphatic hydroxyl groups excluding tert-OH is 1. The molecule has 4 aromatic rings. The van der Waals surface area contributed by atoms with Crippen LogP contribution in [0.2, 0.25) is 0 Å². The predicted octanol–water partition coefficient (Wildman–Crippen LogP) is 5.50. The lowest BCUT2D eigenvalue weighted by Gasteiger charge is -2.37. The second-order valence-corrected chi connectivity index (χ2v) is 13.3. The maximum Gasteiger partial charge on any atom is 0.293 e. The zero-order chi connectivity index (χ0) is 31.7. The third-order valence-corrected chi connectivity index (χ3v) is 9.28. The first-order chi connectivity index (χ1) is 21.0. The molecule has 3 N–H and O–H groups in total. The van der Waals surface area contributed by atoms with Gasteiger partial charge in [-0.2, -0.15) is 4.31 Å². The van der Waals surface area contributed by atoms with E-state index in [1.807, 2.05) is 105 Å². The van der Waals surface area contributed by atoms with Gasteiger partial charge in [-0.25, -0.2) is 8.42 Å². The Morgan fingerprint density at radius 1 is 0.795 bits per heavy atom. The molecule has 0 radical (unpaired) electrons. The first-order valence-electron chi connectivity index (χ1n) is 14.6. The van der Waals surface area contributed by atoms with E-state index in [9.17, 15) is 23.6 Å². The third kappa shape index (κ3) is 8.73. The summed E-state index contributed by atoms with van der Waals surface area (Å²) in [6.45, 7) is 4.76. The molecular weight excluding hydrogens is 576 g/mol. The first kappa shape index (κ1) is 32.8. The van der Waals surface area contributed by atoms with Gasteiger partial charge in [0.05, 0.1) is 15.9 Å². The highest BCUT2D eigenvalue weighted by molar-refractivity contribution is 7.89. The van der Waals surface area contributed by atoms with Gasteiger partial charge in [-0.3, -0.25) is 15.0 Å². The van der Waals surface area contributed by atoms with Gasteiger partial charge < -0.3 is 10.8 Å². The van der Waals surface area contributed by atoms with E-state index >= 15 is 0 Å². The molecule has 0 saturated heterocycles. The zero-order valence-electron chi connectivity index (χ0n) is 25.1. The molecule has 0 fully saturated rings. The summed E-state index contributed by atoms with van der Waals surface area (Å²) in [7, 11) is -4.22. The molecule has 0 unspecified atom stereocenters. The quantitative estimate of drug-likeness (QED) is 0.103. The highest BCUT2D eigenvalue weighted by Gasteiger charge is 2.34. The Bertz CT molecular complexity index is 1560. The number of benzene rings is 4. The maximum absolute atomic E-state index is 14.0. The van der Waals surface area contributed by atoms with E-state index in [0.29, 0.717) is 19.5 Å². The van der Waals surface area contributed by atoms with Crippen molar-refractivity contribution in [1.29, 1.82) is 0 Å². The van der Waals surface area contributed by atoms with E-state index in [0.717, 1.165) is 22.8 Å². The van der Waals surface area contributed by atoms with E-state index in [4.69, 9.17) is 5.73 Å². The molecule has 232 valence electrons. The van der Waals surface area contributed by atoms with Crippen molar-refractivity contribution in [3.63, 3.8) is 0 Å². The molecule has 10 heteroatoms. The lowest BCUT2D eigenvalue weighted by molar-refractivity contribution is -0.384. The summed E-state index contributed by atoms with van der Waals surface area (Å²) >= 11 is 0. The van der Waals surface area contributed by atoms with Crippen molar-refractivity contribution in [2.24, 2.45) is 5.92 Å². The first-order valence-corrected chi connectivity index (χ1v) is 16.1. The number of hydrogen-bond donors (Lipinski definition) is 2.